The third-order valence-electron chi connectivity index (χ3n) is 2.83. The maximum absolute atomic E-state index is 11.9. The van der Waals surface area contributed by atoms with Crippen molar-refractivity contribution in [2.24, 2.45) is 0 Å². The van der Waals surface area contributed by atoms with Crippen LogP contribution < -0.4 is 0 Å². The van der Waals surface area contributed by atoms with Gasteiger partial charge >= 0.3 is 0 Å². The van der Waals surface area contributed by atoms with Gasteiger partial charge in [-0.3, -0.25) is 4.79 Å². The second-order valence-electron chi connectivity index (χ2n) is 4.50. The van der Waals surface area contributed by atoms with Crippen molar-refractivity contribution >= 4 is 17.2 Å². The topological polar surface area (TPSA) is 40.5 Å². The molecule has 1 aromatic rings. The van der Waals surface area contributed by atoms with E-state index in [1.165, 1.54) is 4.88 Å². The second kappa shape index (κ2) is 5.46. The molecule has 0 aliphatic rings. The quantitative estimate of drug-likeness (QED) is 0.855. The molecule has 0 spiro atoms. The molecule has 0 bridgehead atoms. The average molecular weight is 241 g/mol. The van der Waals surface area contributed by atoms with Crippen LogP contribution in [0.1, 0.15) is 25.1 Å². The molecule has 1 N–H and O–H groups in total. The molecular weight excluding hydrogens is 222 g/mol. The van der Waals surface area contributed by atoms with Gasteiger partial charge in [0.2, 0.25) is 5.91 Å². The van der Waals surface area contributed by atoms with Crippen molar-refractivity contribution in [1.82, 2.24) is 4.90 Å². The number of hydrogen-bond donors (Lipinski definition) is 1. The number of likely N-dealkylation sites (N-methyl/N-ethyl adjacent to an activating group) is 1. The lowest BCUT2D eigenvalue weighted by molar-refractivity contribution is -0.135. The third kappa shape index (κ3) is 3.32. The average Bonchev–Trinajstić information content (AvgIpc) is 2.77. The van der Waals surface area contributed by atoms with E-state index >= 15 is 0 Å². The largest absolute Gasteiger partial charge is 0.394 e. The SMILES string of the molecule is CN(C(=O)CCc1cccs1)C(C)(C)CO. The van der Waals surface area contributed by atoms with Crippen molar-refractivity contribution in [3.8, 4) is 0 Å². The molecule has 90 valence electrons. The summed E-state index contributed by atoms with van der Waals surface area (Å²) in [6.07, 6.45) is 1.28. The van der Waals surface area contributed by atoms with Crippen LogP contribution in [0.3, 0.4) is 0 Å². The van der Waals surface area contributed by atoms with E-state index in [2.05, 4.69) is 0 Å². The van der Waals surface area contributed by atoms with Gasteiger partial charge in [-0.2, -0.15) is 0 Å². The molecule has 0 fully saturated rings. The fourth-order valence-electron chi connectivity index (χ4n) is 1.30. The molecule has 0 aliphatic heterocycles. The number of carbonyl (C=O) groups is 1. The summed E-state index contributed by atoms with van der Waals surface area (Å²) in [5.74, 6) is 0.0763. The maximum atomic E-state index is 11.9. The molecule has 1 heterocycles. The Morgan fingerprint density at radius 3 is 2.75 bits per heavy atom. The Balaban J connectivity index is 2.46. The number of thiophene rings is 1. The van der Waals surface area contributed by atoms with Gasteiger partial charge in [0.25, 0.3) is 0 Å². The van der Waals surface area contributed by atoms with Crippen molar-refractivity contribution in [2.45, 2.75) is 32.2 Å². The number of aryl methyl sites for hydroxylation is 1. The van der Waals surface area contributed by atoms with Crippen molar-refractivity contribution in [3.05, 3.63) is 22.4 Å². The Bertz CT molecular complexity index is 333. The first kappa shape index (κ1) is 13.2. The molecule has 0 saturated carbocycles. The molecule has 0 aromatic carbocycles. The van der Waals surface area contributed by atoms with Gasteiger partial charge in [0.15, 0.2) is 0 Å². The molecule has 4 heteroatoms. The minimum atomic E-state index is -0.480. The zero-order valence-electron chi connectivity index (χ0n) is 10.1. The van der Waals surface area contributed by atoms with Gasteiger partial charge in [-0.15, -0.1) is 11.3 Å². The van der Waals surface area contributed by atoms with Crippen LogP contribution in [0.4, 0.5) is 0 Å². The monoisotopic (exact) mass is 241 g/mol. The first-order chi connectivity index (χ1) is 7.47. The smallest absolute Gasteiger partial charge is 0.223 e. The van der Waals surface area contributed by atoms with Crippen LogP contribution >= 0.6 is 11.3 Å². The van der Waals surface area contributed by atoms with Gasteiger partial charge in [-0.05, 0) is 31.7 Å². The zero-order valence-corrected chi connectivity index (χ0v) is 10.9. The maximum Gasteiger partial charge on any atom is 0.223 e. The highest BCUT2D eigenvalue weighted by Gasteiger charge is 2.26. The fourth-order valence-corrected chi connectivity index (χ4v) is 2.01. The molecule has 0 radical (unpaired) electrons. The minimum Gasteiger partial charge on any atom is -0.394 e. The van der Waals surface area contributed by atoms with E-state index in [1.54, 1.807) is 23.3 Å². The molecule has 0 saturated heterocycles. The summed E-state index contributed by atoms with van der Waals surface area (Å²) in [4.78, 5) is 14.7. The Kier molecular flexibility index (Phi) is 4.50. The Morgan fingerprint density at radius 1 is 1.56 bits per heavy atom. The van der Waals surface area contributed by atoms with Crippen LogP contribution in [0.5, 0.6) is 0 Å². The van der Waals surface area contributed by atoms with Crippen molar-refractivity contribution in [2.75, 3.05) is 13.7 Å². The van der Waals surface area contributed by atoms with E-state index in [9.17, 15) is 9.90 Å². The first-order valence-corrected chi connectivity index (χ1v) is 6.25. The Morgan fingerprint density at radius 2 is 2.25 bits per heavy atom. The minimum absolute atomic E-state index is 0.0196. The number of amides is 1. The first-order valence-electron chi connectivity index (χ1n) is 5.37. The molecule has 1 amide bonds. The summed E-state index contributed by atoms with van der Waals surface area (Å²) >= 11 is 1.67. The van der Waals surface area contributed by atoms with Crippen LogP contribution in [0, 0.1) is 0 Å². The predicted octanol–water partition coefficient (Wildman–Crippen LogP) is 1.91. The van der Waals surface area contributed by atoms with Crippen molar-refractivity contribution in [1.29, 1.82) is 0 Å². The Labute approximate surface area is 101 Å². The van der Waals surface area contributed by atoms with Gasteiger partial charge in [-0.25, -0.2) is 0 Å². The second-order valence-corrected chi connectivity index (χ2v) is 5.53. The lowest BCUT2D eigenvalue weighted by Crippen LogP contribution is -2.47. The van der Waals surface area contributed by atoms with Gasteiger partial charge in [0.1, 0.15) is 0 Å². The van der Waals surface area contributed by atoms with E-state index < -0.39 is 5.54 Å². The molecule has 0 aliphatic carbocycles. The van der Waals surface area contributed by atoms with Crippen LogP contribution in [0.15, 0.2) is 17.5 Å². The van der Waals surface area contributed by atoms with Crippen LogP contribution in [-0.2, 0) is 11.2 Å². The number of hydrogen-bond acceptors (Lipinski definition) is 3. The van der Waals surface area contributed by atoms with Crippen LogP contribution in [0.2, 0.25) is 0 Å². The van der Waals surface area contributed by atoms with E-state index in [0.29, 0.717) is 6.42 Å². The number of nitrogens with zero attached hydrogens (tertiary/aromatic N) is 1. The summed E-state index contributed by atoms with van der Waals surface area (Å²) in [5, 5.41) is 11.2. The van der Waals surface area contributed by atoms with E-state index in [-0.39, 0.29) is 12.5 Å². The van der Waals surface area contributed by atoms with Crippen molar-refractivity contribution < 1.29 is 9.90 Å². The van der Waals surface area contributed by atoms with Crippen LogP contribution in [0.25, 0.3) is 0 Å². The van der Waals surface area contributed by atoms with E-state index in [0.717, 1.165) is 6.42 Å². The molecule has 1 aromatic heterocycles. The van der Waals surface area contributed by atoms with Gasteiger partial charge in [0, 0.05) is 18.3 Å². The number of carbonyl (C=O) groups excluding carboxylic acids is 1. The predicted molar refractivity (Wildman–Crippen MR) is 66.6 cm³/mol. The van der Waals surface area contributed by atoms with Crippen molar-refractivity contribution in [3.63, 3.8) is 0 Å². The number of aliphatic hydroxyl groups is 1. The molecule has 1 rings (SSSR count). The summed E-state index contributed by atoms with van der Waals surface area (Å²) in [6.45, 7) is 3.69. The standard InChI is InChI=1S/C12H19NO2S/c1-12(2,9-14)13(3)11(15)7-6-10-5-4-8-16-10/h4-5,8,14H,6-7,9H2,1-3H3. The summed E-state index contributed by atoms with van der Waals surface area (Å²) in [7, 11) is 1.74. The molecule has 16 heavy (non-hydrogen) atoms. The van der Waals surface area contributed by atoms with Gasteiger partial charge in [-0.1, -0.05) is 6.07 Å². The molecular formula is C12H19NO2S. The lowest BCUT2D eigenvalue weighted by Gasteiger charge is -2.34. The molecule has 0 unspecified atom stereocenters. The van der Waals surface area contributed by atoms with Gasteiger partial charge < -0.3 is 10.0 Å². The molecule has 0 atom stereocenters. The van der Waals surface area contributed by atoms with E-state index in [4.69, 9.17) is 0 Å². The third-order valence-corrected chi connectivity index (χ3v) is 3.77. The van der Waals surface area contributed by atoms with Gasteiger partial charge in [0.05, 0.1) is 12.1 Å². The number of aliphatic hydroxyl groups excluding tert-OH is 1. The molecule has 3 nitrogen and oxygen atoms in total. The number of rotatable bonds is 5. The summed E-state index contributed by atoms with van der Waals surface area (Å²) < 4.78 is 0. The summed E-state index contributed by atoms with van der Waals surface area (Å²) in [6, 6.07) is 4.03. The highest BCUT2D eigenvalue weighted by atomic mass is 32.1. The highest BCUT2D eigenvalue weighted by molar-refractivity contribution is 7.09. The fraction of sp³-hybridized carbons (Fsp3) is 0.583. The van der Waals surface area contributed by atoms with Crippen LogP contribution in [-0.4, -0.2) is 35.1 Å². The Hall–Kier alpha value is -0.870. The summed E-state index contributed by atoms with van der Waals surface area (Å²) in [5.41, 5.74) is -0.480. The van der Waals surface area contributed by atoms with E-state index in [1.807, 2.05) is 31.4 Å². The normalized spacial score (nSPS) is 11.5. The zero-order chi connectivity index (χ0) is 12.2. The lowest BCUT2D eigenvalue weighted by atomic mass is 10.0. The highest BCUT2D eigenvalue weighted by Crippen LogP contribution is 2.15.